The van der Waals surface area contributed by atoms with Crippen molar-refractivity contribution in [2.45, 2.75) is 18.4 Å². The van der Waals surface area contributed by atoms with Crippen LogP contribution in [0.2, 0.25) is 0 Å². The summed E-state index contributed by atoms with van der Waals surface area (Å²) >= 11 is 0. The Labute approximate surface area is 174 Å². The molecule has 6 nitrogen and oxygen atoms in total. The molecule has 1 aliphatic heterocycles. The van der Waals surface area contributed by atoms with Gasteiger partial charge in [0, 0.05) is 12.5 Å². The highest BCUT2D eigenvalue weighted by Gasteiger charge is 2.32. The van der Waals surface area contributed by atoms with E-state index in [0.29, 0.717) is 12.1 Å². The third-order valence-corrected chi connectivity index (χ3v) is 5.58. The summed E-state index contributed by atoms with van der Waals surface area (Å²) < 4.78 is 7.69. The van der Waals surface area contributed by atoms with Gasteiger partial charge in [-0.1, -0.05) is 53.7 Å². The Morgan fingerprint density at radius 2 is 1.80 bits per heavy atom. The smallest absolute Gasteiger partial charge is 0.338 e. The minimum atomic E-state index is -0.310. The van der Waals surface area contributed by atoms with Crippen LogP contribution in [0.1, 0.15) is 28.4 Å². The molecule has 2 heterocycles. The van der Waals surface area contributed by atoms with Crippen molar-refractivity contribution in [1.29, 1.82) is 0 Å². The topological polar surface area (TPSA) is 69.0 Å². The van der Waals surface area contributed by atoms with E-state index in [1.165, 1.54) is 0 Å². The van der Waals surface area contributed by atoms with Crippen LogP contribution in [-0.2, 0) is 4.74 Å². The van der Waals surface area contributed by atoms with E-state index in [1.54, 1.807) is 4.68 Å². The molecule has 0 radical (unpaired) electrons. The molecule has 0 aliphatic carbocycles. The minimum Gasteiger partial charge on any atom is -0.457 e. The summed E-state index contributed by atoms with van der Waals surface area (Å²) in [7, 11) is 0. The molecule has 0 bridgehead atoms. The highest BCUT2D eigenvalue weighted by atomic mass is 16.5. The summed E-state index contributed by atoms with van der Waals surface area (Å²) in [4.78, 5) is 12.9. The molecule has 0 amide bonds. The molecule has 1 fully saturated rings. The van der Waals surface area contributed by atoms with Gasteiger partial charge in [0.05, 0.1) is 23.1 Å². The highest BCUT2D eigenvalue weighted by molar-refractivity contribution is 5.95. The van der Waals surface area contributed by atoms with Crippen molar-refractivity contribution in [2.75, 3.05) is 13.1 Å². The monoisotopic (exact) mass is 398 g/mol. The Kier molecular flexibility index (Phi) is 4.99. The Hall–Kier alpha value is -3.51. The van der Waals surface area contributed by atoms with Gasteiger partial charge in [0.25, 0.3) is 0 Å². The molecule has 2 unspecified atom stereocenters. The van der Waals surface area contributed by atoms with Crippen molar-refractivity contribution in [3.63, 3.8) is 0 Å². The number of esters is 1. The second-order valence-electron chi connectivity index (χ2n) is 7.53. The maximum Gasteiger partial charge on any atom is 0.338 e. The molecular weight excluding hydrogens is 376 g/mol. The van der Waals surface area contributed by atoms with Crippen molar-refractivity contribution in [1.82, 2.24) is 20.3 Å². The summed E-state index contributed by atoms with van der Waals surface area (Å²) in [5, 5.41) is 14.1. The molecule has 2 atom stereocenters. The van der Waals surface area contributed by atoms with Crippen LogP contribution >= 0.6 is 0 Å². The fraction of sp³-hybridized carbons (Fsp3) is 0.208. The molecule has 5 rings (SSSR count). The molecule has 6 heteroatoms. The third kappa shape index (κ3) is 3.69. The van der Waals surface area contributed by atoms with E-state index in [1.807, 2.05) is 79.0 Å². The largest absolute Gasteiger partial charge is 0.457 e. The van der Waals surface area contributed by atoms with Crippen molar-refractivity contribution in [2.24, 2.45) is 0 Å². The van der Waals surface area contributed by atoms with Gasteiger partial charge in [0.1, 0.15) is 6.10 Å². The van der Waals surface area contributed by atoms with Crippen LogP contribution in [0.25, 0.3) is 16.5 Å². The first-order valence-electron chi connectivity index (χ1n) is 10.2. The number of carbonyl (C=O) groups excluding carboxylic acids is 1. The van der Waals surface area contributed by atoms with Crippen molar-refractivity contribution in [3.8, 4) is 5.69 Å². The fourth-order valence-corrected chi connectivity index (χ4v) is 3.97. The molecule has 0 spiro atoms. The third-order valence-electron chi connectivity index (χ3n) is 5.58. The predicted octanol–water partition coefficient (Wildman–Crippen LogP) is 3.72. The number of nitrogens with zero attached hydrogens (tertiary/aromatic N) is 3. The molecule has 150 valence electrons. The summed E-state index contributed by atoms with van der Waals surface area (Å²) in [6.45, 7) is 1.45. The van der Waals surface area contributed by atoms with E-state index in [-0.39, 0.29) is 18.0 Å². The summed E-state index contributed by atoms with van der Waals surface area (Å²) in [5.74, 6) is -0.303. The van der Waals surface area contributed by atoms with Gasteiger partial charge in [-0.3, -0.25) is 0 Å². The van der Waals surface area contributed by atoms with Crippen LogP contribution in [0.15, 0.2) is 79.0 Å². The van der Waals surface area contributed by atoms with Gasteiger partial charge in [-0.15, -0.1) is 5.10 Å². The molecule has 1 N–H and O–H groups in total. The van der Waals surface area contributed by atoms with Gasteiger partial charge < -0.3 is 10.1 Å². The van der Waals surface area contributed by atoms with Crippen LogP contribution in [0.5, 0.6) is 0 Å². The standard InChI is InChI=1S/C24H22N4O2/c29-24(19-11-10-17-6-4-5-7-18(17)14-19)30-23-15-25-13-12-21(23)22-16-28(27-26-22)20-8-2-1-3-9-20/h1-11,14,16,21,23,25H,12-13,15H2. The summed E-state index contributed by atoms with van der Waals surface area (Å²) in [6.07, 6.45) is 2.48. The van der Waals surface area contributed by atoms with E-state index >= 15 is 0 Å². The van der Waals surface area contributed by atoms with Crippen molar-refractivity contribution >= 4 is 16.7 Å². The summed E-state index contributed by atoms with van der Waals surface area (Å²) in [6, 6.07) is 23.5. The number of hydrogen-bond donors (Lipinski definition) is 1. The molecule has 1 aromatic heterocycles. The number of nitrogens with one attached hydrogen (secondary N) is 1. The van der Waals surface area contributed by atoms with Gasteiger partial charge >= 0.3 is 5.97 Å². The van der Waals surface area contributed by atoms with Gasteiger partial charge in [-0.25, -0.2) is 9.48 Å². The number of benzene rings is 3. The number of aromatic nitrogens is 3. The lowest BCUT2D eigenvalue weighted by Gasteiger charge is -2.30. The number of fused-ring (bicyclic) bond motifs is 1. The molecule has 1 aliphatic rings. The van der Waals surface area contributed by atoms with Crippen LogP contribution in [-0.4, -0.2) is 40.2 Å². The normalized spacial score (nSPS) is 18.9. The lowest BCUT2D eigenvalue weighted by molar-refractivity contribution is 0.0178. The Bertz CT molecular complexity index is 1170. The van der Waals surface area contributed by atoms with E-state index in [9.17, 15) is 4.79 Å². The SMILES string of the molecule is O=C(OC1CNCCC1c1cn(-c2ccccc2)nn1)c1ccc2ccccc2c1. The van der Waals surface area contributed by atoms with Gasteiger partial charge in [-0.2, -0.15) is 0 Å². The fourth-order valence-electron chi connectivity index (χ4n) is 3.97. The molecule has 4 aromatic rings. The zero-order chi connectivity index (χ0) is 20.3. The van der Waals surface area contributed by atoms with E-state index in [2.05, 4.69) is 15.6 Å². The summed E-state index contributed by atoms with van der Waals surface area (Å²) in [5.41, 5.74) is 2.36. The molecular formula is C24H22N4O2. The molecule has 30 heavy (non-hydrogen) atoms. The minimum absolute atomic E-state index is 0.00752. The molecule has 0 saturated carbocycles. The maximum atomic E-state index is 12.9. The zero-order valence-corrected chi connectivity index (χ0v) is 16.4. The Morgan fingerprint density at radius 3 is 2.67 bits per heavy atom. The van der Waals surface area contributed by atoms with Crippen LogP contribution in [0, 0.1) is 0 Å². The quantitative estimate of drug-likeness (QED) is 0.531. The number of ether oxygens (including phenoxy) is 1. The second-order valence-corrected chi connectivity index (χ2v) is 7.53. The van der Waals surface area contributed by atoms with E-state index in [0.717, 1.165) is 35.1 Å². The predicted molar refractivity (Wildman–Crippen MR) is 115 cm³/mol. The van der Waals surface area contributed by atoms with Crippen LogP contribution < -0.4 is 5.32 Å². The number of piperidine rings is 1. The second kappa shape index (κ2) is 8.08. The van der Waals surface area contributed by atoms with Gasteiger partial charge in [-0.05, 0) is 48.0 Å². The number of rotatable bonds is 4. The lowest BCUT2D eigenvalue weighted by Crippen LogP contribution is -2.42. The average molecular weight is 398 g/mol. The zero-order valence-electron chi connectivity index (χ0n) is 16.4. The van der Waals surface area contributed by atoms with E-state index in [4.69, 9.17) is 4.74 Å². The average Bonchev–Trinajstić information content (AvgIpc) is 3.30. The number of para-hydroxylation sites is 1. The highest BCUT2D eigenvalue weighted by Crippen LogP contribution is 2.28. The molecule has 3 aromatic carbocycles. The Balaban J connectivity index is 1.36. The van der Waals surface area contributed by atoms with E-state index < -0.39 is 0 Å². The number of hydrogen-bond acceptors (Lipinski definition) is 5. The first-order chi connectivity index (χ1) is 14.8. The van der Waals surface area contributed by atoms with Crippen LogP contribution in [0.4, 0.5) is 0 Å². The van der Waals surface area contributed by atoms with Crippen molar-refractivity contribution < 1.29 is 9.53 Å². The van der Waals surface area contributed by atoms with Gasteiger partial charge in [0.15, 0.2) is 0 Å². The maximum absolute atomic E-state index is 12.9. The first kappa shape index (κ1) is 18.5. The van der Waals surface area contributed by atoms with Gasteiger partial charge in [0.2, 0.25) is 0 Å². The number of carbonyl (C=O) groups is 1. The Morgan fingerprint density at radius 1 is 1.00 bits per heavy atom. The van der Waals surface area contributed by atoms with Crippen LogP contribution in [0.3, 0.4) is 0 Å². The lowest BCUT2D eigenvalue weighted by atomic mass is 9.92. The molecule has 1 saturated heterocycles. The first-order valence-corrected chi connectivity index (χ1v) is 10.2. The van der Waals surface area contributed by atoms with Crippen molar-refractivity contribution in [3.05, 3.63) is 90.3 Å².